The maximum absolute atomic E-state index is 13.3. The second kappa shape index (κ2) is 6.59. The molecule has 0 aromatic heterocycles. The van der Waals surface area contributed by atoms with E-state index in [1.807, 2.05) is 0 Å². The Balaban J connectivity index is 2.00. The summed E-state index contributed by atoms with van der Waals surface area (Å²) in [5.41, 5.74) is 1.32. The SMILES string of the molecule is Cc1cc(C(=O)NCC2(CC(C)C)CCCC2)ccc1F. The van der Waals surface area contributed by atoms with Crippen molar-refractivity contribution in [1.82, 2.24) is 5.32 Å². The zero-order valence-corrected chi connectivity index (χ0v) is 13.3. The zero-order chi connectivity index (χ0) is 15.5. The van der Waals surface area contributed by atoms with E-state index < -0.39 is 0 Å². The minimum Gasteiger partial charge on any atom is -0.351 e. The van der Waals surface area contributed by atoms with Crippen LogP contribution in [-0.4, -0.2) is 12.5 Å². The van der Waals surface area contributed by atoms with E-state index in [-0.39, 0.29) is 17.1 Å². The molecule has 116 valence electrons. The van der Waals surface area contributed by atoms with Crippen LogP contribution in [0.2, 0.25) is 0 Å². The summed E-state index contributed by atoms with van der Waals surface area (Å²) in [7, 11) is 0. The van der Waals surface area contributed by atoms with Gasteiger partial charge in [0.15, 0.2) is 0 Å². The van der Waals surface area contributed by atoms with Crippen molar-refractivity contribution in [2.24, 2.45) is 11.3 Å². The molecule has 0 spiro atoms. The van der Waals surface area contributed by atoms with Crippen LogP contribution >= 0.6 is 0 Å². The highest BCUT2D eigenvalue weighted by molar-refractivity contribution is 5.94. The number of amides is 1. The Labute approximate surface area is 127 Å². The Morgan fingerprint density at radius 2 is 2.00 bits per heavy atom. The summed E-state index contributed by atoms with van der Waals surface area (Å²) in [6.07, 6.45) is 6.09. The maximum atomic E-state index is 13.3. The molecule has 1 aromatic carbocycles. The van der Waals surface area contributed by atoms with E-state index in [4.69, 9.17) is 0 Å². The second-order valence-corrected chi connectivity index (χ2v) is 6.95. The number of hydrogen-bond acceptors (Lipinski definition) is 1. The van der Waals surface area contributed by atoms with E-state index in [2.05, 4.69) is 19.2 Å². The molecule has 0 radical (unpaired) electrons. The van der Waals surface area contributed by atoms with Crippen LogP contribution in [0.4, 0.5) is 4.39 Å². The fourth-order valence-electron chi connectivity index (χ4n) is 3.60. The molecule has 21 heavy (non-hydrogen) atoms. The number of rotatable bonds is 5. The molecule has 1 amide bonds. The largest absolute Gasteiger partial charge is 0.351 e. The fourth-order valence-corrected chi connectivity index (χ4v) is 3.60. The Hall–Kier alpha value is -1.38. The summed E-state index contributed by atoms with van der Waals surface area (Å²) in [6.45, 7) is 6.90. The van der Waals surface area contributed by atoms with E-state index >= 15 is 0 Å². The molecular formula is C18H26FNO. The number of benzene rings is 1. The van der Waals surface area contributed by atoms with Crippen molar-refractivity contribution >= 4 is 5.91 Å². The van der Waals surface area contributed by atoms with Crippen molar-refractivity contribution in [3.8, 4) is 0 Å². The predicted molar refractivity (Wildman–Crippen MR) is 83.8 cm³/mol. The Bertz CT molecular complexity index is 504. The summed E-state index contributed by atoms with van der Waals surface area (Å²) < 4.78 is 13.3. The Kier molecular flexibility index (Phi) is 5.02. The smallest absolute Gasteiger partial charge is 0.251 e. The van der Waals surface area contributed by atoms with E-state index in [9.17, 15) is 9.18 Å². The first-order chi connectivity index (χ1) is 9.92. The number of carbonyl (C=O) groups is 1. The summed E-state index contributed by atoms with van der Waals surface area (Å²) in [5.74, 6) is 0.291. The number of nitrogens with one attached hydrogen (secondary N) is 1. The Morgan fingerprint density at radius 3 is 2.57 bits per heavy atom. The minimum absolute atomic E-state index is 0.0897. The first kappa shape index (κ1) is 16.0. The van der Waals surface area contributed by atoms with Gasteiger partial charge in [-0.15, -0.1) is 0 Å². The van der Waals surface area contributed by atoms with Crippen molar-refractivity contribution in [3.63, 3.8) is 0 Å². The number of aryl methyl sites for hydroxylation is 1. The number of halogens is 1. The van der Waals surface area contributed by atoms with Crippen LogP contribution in [0.25, 0.3) is 0 Å². The monoisotopic (exact) mass is 291 g/mol. The third-order valence-electron chi connectivity index (χ3n) is 4.55. The lowest BCUT2D eigenvalue weighted by Gasteiger charge is -2.31. The molecule has 1 aromatic rings. The van der Waals surface area contributed by atoms with E-state index in [1.165, 1.54) is 31.7 Å². The fraction of sp³-hybridized carbons (Fsp3) is 0.611. The van der Waals surface area contributed by atoms with Crippen molar-refractivity contribution in [3.05, 3.63) is 35.1 Å². The first-order valence-electron chi connectivity index (χ1n) is 7.96. The van der Waals surface area contributed by atoms with Crippen molar-refractivity contribution in [1.29, 1.82) is 0 Å². The molecule has 3 heteroatoms. The number of carbonyl (C=O) groups excluding carboxylic acids is 1. The standard InChI is InChI=1S/C18H26FNO/c1-13(2)11-18(8-4-5-9-18)12-20-17(21)15-6-7-16(19)14(3)10-15/h6-7,10,13H,4-5,8-9,11-12H2,1-3H3,(H,20,21). The second-order valence-electron chi connectivity index (χ2n) is 6.95. The van der Waals surface area contributed by atoms with Gasteiger partial charge in [0.1, 0.15) is 5.82 Å². The van der Waals surface area contributed by atoms with Gasteiger partial charge in [0, 0.05) is 12.1 Å². The highest BCUT2D eigenvalue weighted by Gasteiger charge is 2.34. The Morgan fingerprint density at radius 1 is 1.33 bits per heavy atom. The molecule has 0 heterocycles. The van der Waals surface area contributed by atoms with Gasteiger partial charge < -0.3 is 5.32 Å². The molecular weight excluding hydrogens is 265 g/mol. The van der Waals surface area contributed by atoms with Gasteiger partial charge in [0.2, 0.25) is 0 Å². The van der Waals surface area contributed by atoms with Gasteiger partial charge in [0.25, 0.3) is 5.91 Å². The maximum Gasteiger partial charge on any atom is 0.251 e. The van der Waals surface area contributed by atoms with Crippen LogP contribution in [0.15, 0.2) is 18.2 Å². The molecule has 1 aliphatic carbocycles. The minimum atomic E-state index is -0.265. The van der Waals surface area contributed by atoms with Crippen LogP contribution < -0.4 is 5.32 Å². The molecule has 0 atom stereocenters. The lowest BCUT2D eigenvalue weighted by atomic mass is 9.78. The van der Waals surface area contributed by atoms with Crippen LogP contribution in [-0.2, 0) is 0 Å². The van der Waals surface area contributed by atoms with Gasteiger partial charge in [-0.25, -0.2) is 4.39 Å². The van der Waals surface area contributed by atoms with E-state index in [1.54, 1.807) is 19.1 Å². The molecule has 1 N–H and O–H groups in total. The van der Waals surface area contributed by atoms with Crippen LogP contribution in [0.5, 0.6) is 0 Å². The molecule has 1 aliphatic rings. The number of hydrogen-bond donors (Lipinski definition) is 1. The van der Waals surface area contributed by atoms with Crippen molar-refractivity contribution in [2.75, 3.05) is 6.54 Å². The first-order valence-corrected chi connectivity index (χ1v) is 7.96. The van der Waals surface area contributed by atoms with E-state index in [0.29, 0.717) is 17.0 Å². The third-order valence-corrected chi connectivity index (χ3v) is 4.55. The molecule has 2 nitrogen and oxygen atoms in total. The highest BCUT2D eigenvalue weighted by Crippen LogP contribution is 2.42. The quantitative estimate of drug-likeness (QED) is 0.852. The van der Waals surface area contributed by atoms with Crippen LogP contribution in [0.3, 0.4) is 0 Å². The van der Waals surface area contributed by atoms with Crippen LogP contribution in [0.1, 0.15) is 61.9 Å². The molecule has 0 aliphatic heterocycles. The van der Waals surface area contributed by atoms with Gasteiger partial charge >= 0.3 is 0 Å². The lowest BCUT2D eigenvalue weighted by molar-refractivity contribution is 0.0921. The van der Waals surface area contributed by atoms with Crippen molar-refractivity contribution in [2.45, 2.75) is 52.9 Å². The van der Waals surface area contributed by atoms with Gasteiger partial charge in [-0.3, -0.25) is 4.79 Å². The average Bonchev–Trinajstić information content (AvgIpc) is 2.87. The highest BCUT2D eigenvalue weighted by atomic mass is 19.1. The molecule has 0 unspecified atom stereocenters. The molecule has 0 bridgehead atoms. The average molecular weight is 291 g/mol. The molecule has 1 fully saturated rings. The predicted octanol–water partition coefficient (Wildman–Crippen LogP) is 4.47. The molecule has 2 rings (SSSR count). The molecule has 0 saturated heterocycles. The summed E-state index contributed by atoms with van der Waals surface area (Å²) >= 11 is 0. The summed E-state index contributed by atoms with van der Waals surface area (Å²) in [6, 6.07) is 4.54. The lowest BCUT2D eigenvalue weighted by Crippen LogP contribution is -2.36. The van der Waals surface area contributed by atoms with E-state index in [0.717, 1.165) is 13.0 Å². The zero-order valence-electron chi connectivity index (χ0n) is 13.3. The van der Waals surface area contributed by atoms with Gasteiger partial charge in [-0.05, 0) is 61.3 Å². The topological polar surface area (TPSA) is 29.1 Å². The normalized spacial score (nSPS) is 17.2. The molecule has 1 saturated carbocycles. The van der Waals surface area contributed by atoms with Crippen LogP contribution in [0, 0.1) is 24.1 Å². The van der Waals surface area contributed by atoms with Gasteiger partial charge in [0.05, 0.1) is 0 Å². The summed E-state index contributed by atoms with van der Waals surface area (Å²) in [4.78, 5) is 12.3. The summed E-state index contributed by atoms with van der Waals surface area (Å²) in [5, 5.41) is 3.07. The van der Waals surface area contributed by atoms with Crippen molar-refractivity contribution < 1.29 is 9.18 Å². The van der Waals surface area contributed by atoms with Gasteiger partial charge in [-0.1, -0.05) is 26.7 Å². The third kappa shape index (κ3) is 4.05. The van der Waals surface area contributed by atoms with Gasteiger partial charge in [-0.2, -0.15) is 0 Å².